The Morgan fingerprint density at radius 1 is 1.07 bits per heavy atom. The number of carboxylic acids is 1. The summed E-state index contributed by atoms with van der Waals surface area (Å²) in [7, 11) is 0. The van der Waals surface area contributed by atoms with Crippen molar-refractivity contribution in [3.63, 3.8) is 0 Å². The Labute approximate surface area is 183 Å². The molecule has 0 fully saturated rings. The van der Waals surface area contributed by atoms with Crippen molar-refractivity contribution in [3.05, 3.63) is 87.0 Å². The van der Waals surface area contributed by atoms with E-state index in [1.54, 1.807) is 37.3 Å². The van der Waals surface area contributed by atoms with E-state index in [0.29, 0.717) is 15.8 Å². The van der Waals surface area contributed by atoms with E-state index in [4.69, 9.17) is 33.0 Å². The number of ether oxygens (including phenoxy) is 1. The first-order valence-electron chi connectivity index (χ1n) is 8.98. The van der Waals surface area contributed by atoms with Crippen molar-refractivity contribution in [3.8, 4) is 11.6 Å². The molecule has 30 heavy (non-hydrogen) atoms. The van der Waals surface area contributed by atoms with Crippen LogP contribution in [-0.4, -0.2) is 22.0 Å². The highest BCUT2D eigenvalue weighted by Crippen LogP contribution is 2.29. The number of carboxylic acid groups (broad SMARTS) is 1. The van der Waals surface area contributed by atoms with Crippen LogP contribution in [0.15, 0.2) is 54.7 Å². The fourth-order valence-electron chi connectivity index (χ4n) is 2.77. The van der Waals surface area contributed by atoms with Crippen molar-refractivity contribution >= 4 is 35.1 Å². The van der Waals surface area contributed by atoms with Crippen molar-refractivity contribution in [2.45, 2.75) is 19.9 Å². The number of halogens is 2. The summed E-state index contributed by atoms with van der Waals surface area (Å²) < 4.78 is 5.85. The number of nitrogens with zero attached hydrogens (tertiary/aromatic N) is 1. The van der Waals surface area contributed by atoms with Gasteiger partial charge in [0.05, 0.1) is 16.6 Å². The Morgan fingerprint density at radius 2 is 1.77 bits per heavy atom. The van der Waals surface area contributed by atoms with E-state index >= 15 is 0 Å². The first-order chi connectivity index (χ1) is 14.2. The van der Waals surface area contributed by atoms with Crippen LogP contribution in [0.4, 0.5) is 0 Å². The zero-order valence-corrected chi connectivity index (χ0v) is 17.7. The molecule has 0 bridgehead atoms. The van der Waals surface area contributed by atoms with Crippen LogP contribution in [0.25, 0.3) is 0 Å². The van der Waals surface area contributed by atoms with Crippen molar-refractivity contribution in [1.82, 2.24) is 10.3 Å². The molecule has 0 aliphatic heterocycles. The maximum absolute atomic E-state index is 12.9. The Kier molecular flexibility index (Phi) is 6.59. The van der Waals surface area contributed by atoms with Gasteiger partial charge in [0, 0.05) is 11.2 Å². The molecule has 1 aromatic heterocycles. The van der Waals surface area contributed by atoms with Crippen LogP contribution in [0.1, 0.15) is 44.8 Å². The van der Waals surface area contributed by atoms with E-state index < -0.39 is 11.9 Å². The Hall–Kier alpha value is -3.09. The molecule has 1 heterocycles. The first-order valence-corrected chi connectivity index (χ1v) is 9.74. The monoisotopic (exact) mass is 444 g/mol. The number of pyridine rings is 1. The molecule has 1 amide bonds. The number of aromatic carboxylic acids is 1. The summed E-state index contributed by atoms with van der Waals surface area (Å²) in [4.78, 5) is 28.1. The minimum atomic E-state index is -1.01. The second-order valence-corrected chi connectivity index (χ2v) is 7.51. The molecule has 0 aliphatic carbocycles. The lowest BCUT2D eigenvalue weighted by Crippen LogP contribution is -2.27. The molecule has 1 atom stereocenters. The summed E-state index contributed by atoms with van der Waals surface area (Å²) in [6.45, 7) is 3.62. The van der Waals surface area contributed by atoms with Gasteiger partial charge >= 0.3 is 5.97 Å². The van der Waals surface area contributed by atoms with Gasteiger partial charge in [0.15, 0.2) is 0 Å². The van der Waals surface area contributed by atoms with Crippen molar-refractivity contribution in [2.24, 2.45) is 0 Å². The number of aryl methyl sites for hydroxylation is 1. The quantitative estimate of drug-likeness (QED) is 0.510. The van der Waals surface area contributed by atoms with Crippen LogP contribution in [0.2, 0.25) is 10.0 Å². The van der Waals surface area contributed by atoms with Gasteiger partial charge in [0.25, 0.3) is 5.91 Å². The predicted molar refractivity (Wildman–Crippen MR) is 115 cm³/mol. The average Bonchev–Trinajstić information content (AvgIpc) is 2.71. The van der Waals surface area contributed by atoms with Crippen LogP contribution in [0.5, 0.6) is 11.6 Å². The third-order valence-corrected chi connectivity index (χ3v) is 4.85. The molecule has 3 rings (SSSR count). The third kappa shape index (κ3) is 5.09. The standard InChI is InChI=1S/C22H18Cl2N2O4/c1-12-9-16(23)7-8-19(12)30-21-18(10-17(24)11-25-21)20(27)26-13(2)14-3-5-15(6-4-14)22(28)29/h3-11,13H,1-2H3,(H,26,27)(H,28,29)/t13-/m0/s1. The van der Waals surface area contributed by atoms with Gasteiger partial charge < -0.3 is 15.2 Å². The zero-order chi connectivity index (χ0) is 21.8. The molecule has 0 unspecified atom stereocenters. The number of carbonyl (C=O) groups excluding carboxylic acids is 1. The molecular weight excluding hydrogens is 427 g/mol. The maximum Gasteiger partial charge on any atom is 0.335 e. The van der Waals surface area contributed by atoms with E-state index in [1.165, 1.54) is 24.4 Å². The van der Waals surface area contributed by atoms with E-state index in [1.807, 2.05) is 6.92 Å². The fourth-order valence-corrected chi connectivity index (χ4v) is 3.16. The molecule has 2 aromatic carbocycles. The van der Waals surface area contributed by atoms with Crippen LogP contribution in [0.3, 0.4) is 0 Å². The Bertz CT molecular complexity index is 1100. The summed E-state index contributed by atoms with van der Waals surface area (Å²) in [6.07, 6.45) is 1.40. The zero-order valence-electron chi connectivity index (χ0n) is 16.1. The number of benzene rings is 2. The average molecular weight is 445 g/mol. The molecule has 6 nitrogen and oxygen atoms in total. The summed E-state index contributed by atoms with van der Waals surface area (Å²) in [5.41, 5.74) is 1.88. The molecule has 0 radical (unpaired) electrons. The second kappa shape index (κ2) is 9.15. The number of amides is 1. The summed E-state index contributed by atoms with van der Waals surface area (Å²) in [5, 5.41) is 12.7. The lowest BCUT2D eigenvalue weighted by Gasteiger charge is -2.17. The largest absolute Gasteiger partial charge is 0.478 e. The number of hydrogen-bond acceptors (Lipinski definition) is 4. The van der Waals surface area contributed by atoms with Crippen LogP contribution >= 0.6 is 23.2 Å². The number of hydrogen-bond donors (Lipinski definition) is 2. The van der Waals surface area contributed by atoms with Gasteiger partial charge in [-0.3, -0.25) is 4.79 Å². The molecule has 154 valence electrons. The van der Waals surface area contributed by atoms with Gasteiger partial charge in [-0.25, -0.2) is 9.78 Å². The van der Waals surface area contributed by atoms with Gasteiger partial charge in [-0.2, -0.15) is 0 Å². The van der Waals surface area contributed by atoms with E-state index in [0.717, 1.165) is 11.1 Å². The molecule has 3 aromatic rings. The second-order valence-electron chi connectivity index (χ2n) is 6.64. The third-order valence-electron chi connectivity index (χ3n) is 4.41. The van der Waals surface area contributed by atoms with Crippen molar-refractivity contribution in [2.75, 3.05) is 0 Å². The van der Waals surface area contributed by atoms with Gasteiger partial charge in [0.1, 0.15) is 11.3 Å². The maximum atomic E-state index is 12.9. The first kappa shape index (κ1) is 21.6. The summed E-state index contributed by atoms with van der Waals surface area (Å²) in [5.74, 6) is -0.819. The highest BCUT2D eigenvalue weighted by Gasteiger charge is 2.19. The molecule has 8 heteroatoms. The van der Waals surface area contributed by atoms with E-state index in [9.17, 15) is 9.59 Å². The fraction of sp³-hybridized carbons (Fsp3) is 0.136. The van der Waals surface area contributed by atoms with Crippen LogP contribution < -0.4 is 10.1 Å². The minimum Gasteiger partial charge on any atom is -0.478 e. The Balaban J connectivity index is 1.82. The number of rotatable bonds is 6. The van der Waals surface area contributed by atoms with Crippen molar-refractivity contribution in [1.29, 1.82) is 0 Å². The van der Waals surface area contributed by atoms with Gasteiger partial charge in [-0.15, -0.1) is 0 Å². The van der Waals surface area contributed by atoms with Crippen molar-refractivity contribution < 1.29 is 19.4 Å². The molecular formula is C22H18Cl2N2O4. The lowest BCUT2D eigenvalue weighted by molar-refractivity contribution is 0.0696. The SMILES string of the molecule is Cc1cc(Cl)ccc1Oc1ncc(Cl)cc1C(=O)N[C@@H](C)c1ccc(C(=O)O)cc1. The number of aromatic nitrogens is 1. The number of carbonyl (C=O) groups is 2. The lowest BCUT2D eigenvalue weighted by atomic mass is 10.1. The van der Waals surface area contributed by atoms with Crippen LogP contribution in [0, 0.1) is 6.92 Å². The van der Waals surface area contributed by atoms with E-state index in [2.05, 4.69) is 10.3 Å². The van der Waals surface area contributed by atoms with E-state index in [-0.39, 0.29) is 23.0 Å². The highest BCUT2D eigenvalue weighted by atomic mass is 35.5. The smallest absolute Gasteiger partial charge is 0.335 e. The molecule has 2 N–H and O–H groups in total. The molecule has 0 saturated carbocycles. The van der Waals surface area contributed by atoms with Gasteiger partial charge in [0.2, 0.25) is 5.88 Å². The Morgan fingerprint density at radius 3 is 2.40 bits per heavy atom. The normalized spacial score (nSPS) is 11.6. The topological polar surface area (TPSA) is 88.5 Å². The summed E-state index contributed by atoms with van der Waals surface area (Å²) in [6, 6.07) is 12.5. The van der Waals surface area contributed by atoms with Gasteiger partial charge in [-0.1, -0.05) is 35.3 Å². The molecule has 0 aliphatic rings. The molecule has 0 saturated heterocycles. The van der Waals surface area contributed by atoms with Crippen LogP contribution in [-0.2, 0) is 0 Å². The highest BCUT2D eigenvalue weighted by molar-refractivity contribution is 6.31. The predicted octanol–water partition coefficient (Wildman–Crippen LogP) is 5.68. The molecule has 0 spiro atoms. The van der Waals surface area contributed by atoms with Gasteiger partial charge in [-0.05, 0) is 61.4 Å². The summed E-state index contributed by atoms with van der Waals surface area (Å²) >= 11 is 12.0. The minimum absolute atomic E-state index is 0.107. The number of nitrogens with one attached hydrogen (secondary N) is 1.